The van der Waals surface area contributed by atoms with E-state index in [2.05, 4.69) is 24.4 Å². The number of anilines is 1. The highest BCUT2D eigenvalue weighted by molar-refractivity contribution is 6.30. The van der Waals surface area contributed by atoms with Gasteiger partial charge in [-0.1, -0.05) is 29.3 Å². The van der Waals surface area contributed by atoms with E-state index in [-0.39, 0.29) is 0 Å². The van der Waals surface area contributed by atoms with Crippen LogP contribution in [0.15, 0.2) is 36.4 Å². The van der Waals surface area contributed by atoms with Crippen LogP contribution < -0.4 is 14.8 Å². The van der Waals surface area contributed by atoms with Gasteiger partial charge in [-0.3, -0.25) is 0 Å². The van der Waals surface area contributed by atoms with Crippen LogP contribution in [0.25, 0.3) is 0 Å². The zero-order valence-corrected chi connectivity index (χ0v) is 12.6. The van der Waals surface area contributed by atoms with Crippen molar-refractivity contribution in [1.29, 1.82) is 0 Å². The first-order valence-electron chi connectivity index (χ1n) is 6.35. The summed E-state index contributed by atoms with van der Waals surface area (Å²) in [5, 5.41) is 3.98. The van der Waals surface area contributed by atoms with Crippen molar-refractivity contribution in [3.8, 4) is 11.5 Å². The van der Waals surface area contributed by atoms with E-state index in [1.807, 2.05) is 18.2 Å². The van der Waals surface area contributed by atoms with Crippen LogP contribution in [-0.4, -0.2) is 14.2 Å². The molecule has 0 saturated heterocycles. The van der Waals surface area contributed by atoms with Crippen LogP contribution in [0, 0.1) is 6.92 Å². The molecule has 106 valence electrons. The highest BCUT2D eigenvalue weighted by atomic mass is 35.5. The molecule has 0 spiro atoms. The number of hydrogen-bond donors (Lipinski definition) is 1. The minimum absolute atomic E-state index is 0.614. The molecule has 0 fully saturated rings. The van der Waals surface area contributed by atoms with Gasteiger partial charge in [-0.15, -0.1) is 0 Å². The van der Waals surface area contributed by atoms with Gasteiger partial charge in [0, 0.05) is 28.9 Å². The molecule has 0 aliphatic heterocycles. The van der Waals surface area contributed by atoms with Gasteiger partial charge >= 0.3 is 0 Å². The van der Waals surface area contributed by atoms with Crippen LogP contribution >= 0.6 is 11.6 Å². The lowest BCUT2D eigenvalue weighted by atomic mass is 10.1. The number of methoxy groups -OCH3 is 2. The van der Waals surface area contributed by atoms with E-state index in [0.29, 0.717) is 23.1 Å². The Bertz CT molecular complexity index is 582. The monoisotopic (exact) mass is 291 g/mol. The molecular weight excluding hydrogens is 274 g/mol. The summed E-state index contributed by atoms with van der Waals surface area (Å²) in [6.45, 7) is 2.68. The lowest BCUT2D eigenvalue weighted by Crippen LogP contribution is -2.03. The molecule has 0 bridgehead atoms. The minimum atomic E-state index is 0.614. The third kappa shape index (κ3) is 3.36. The van der Waals surface area contributed by atoms with Crippen molar-refractivity contribution in [3.05, 3.63) is 52.5 Å². The predicted octanol–water partition coefficient (Wildman–Crippen LogP) is 4.28. The lowest BCUT2D eigenvalue weighted by Gasteiger charge is -2.14. The second-order valence-corrected chi connectivity index (χ2v) is 4.96. The average Bonchev–Trinajstić information content (AvgIpc) is 2.46. The van der Waals surface area contributed by atoms with Crippen molar-refractivity contribution in [2.24, 2.45) is 0 Å². The summed E-state index contributed by atoms with van der Waals surface area (Å²) in [5.41, 5.74) is 3.24. The fourth-order valence-corrected chi connectivity index (χ4v) is 2.24. The maximum Gasteiger partial charge on any atom is 0.165 e. The fraction of sp³-hybridized carbons (Fsp3) is 0.250. The summed E-state index contributed by atoms with van der Waals surface area (Å²) >= 11 is 6.10. The zero-order chi connectivity index (χ0) is 14.5. The average molecular weight is 292 g/mol. The number of rotatable bonds is 5. The summed E-state index contributed by atoms with van der Waals surface area (Å²) < 4.78 is 10.7. The summed E-state index contributed by atoms with van der Waals surface area (Å²) in [7, 11) is 3.23. The SMILES string of the molecule is COc1cc(Cl)cc(CNc2ccc(C)cc2)c1OC. The van der Waals surface area contributed by atoms with Gasteiger partial charge in [-0.2, -0.15) is 0 Å². The highest BCUT2D eigenvalue weighted by Gasteiger charge is 2.11. The highest BCUT2D eigenvalue weighted by Crippen LogP contribution is 2.34. The Morgan fingerprint density at radius 1 is 1.05 bits per heavy atom. The first-order valence-corrected chi connectivity index (χ1v) is 6.72. The van der Waals surface area contributed by atoms with Crippen molar-refractivity contribution < 1.29 is 9.47 Å². The molecule has 3 nitrogen and oxygen atoms in total. The summed E-state index contributed by atoms with van der Waals surface area (Å²) in [5.74, 6) is 1.34. The van der Waals surface area contributed by atoms with Crippen molar-refractivity contribution in [1.82, 2.24) is 0 Å². The third-order valence-corrected chi connectivity index (χ3v) is 3.27. The Balaban J connectivity index is 2.20. The Labute approximate surface area is 124 Å². The first kappa shape index (κ1) is 14.5. The smallest absolute Gasteiger partial charge is 0.165 e. The van der Waals surface area contributed by atoms with Crippen LogP contribution in [-0.2, 0) is 6.54 Å². The van der Waals surface area contributed by atoms with Gasteiger partial charge in [0.15, 0.2) is 11.5 Å². The normalized spacial score (nSPS) is 10.2. The molecule has 2 aromatic rings. The summed E-state index contributed by atoms with van der Waals surface area (Å²) in [6.07, 6.45) is 0. The molecule has 20 heavy (non-hydrogen) atoms. The minimum Gasteiger partial charge on any atom is -0.493 e. The number of aryl methyl sites for hydroxylation is 1. The van der Waals surface area contributed by atoms with E-state index in [1.54, 1.807) is 20.3 Å². The fourth-order valence-electron chi connectivity index (χ4n) is 2.01. The molecule has 0 aliphatic rings. The lowest BCUT2D eigenvalue weighted by molar-refractivity contribution is 0.352. The van der Waals surface area contributed by atoms with Crippen LogP contribution in [0.2, 0.25) is 5.02 Å². The molecular formula is C16H18ClNO2. The molecule has 2 rings (SSSR count). The number of nitrogens with one attached hydrogen (secondary N) is 1. The van der Waals surface area contributed by atoms with E-state index in [9.17, 15) is 0 Å². The molecule has 0 saturated carbocycles. The summed E-state index contributed by atoms with van der Waals surface area (Å²) in [4.78, 5) is 0. The largest absolute Gasteiger partial charge is 0.493 e. The van der Waals surface area contributed by atoms with Gasteiger partial charge in [0.2, 0.25) is 0 Å². The molecule has 0 unspecified atom stereocenters. The molecule has 1 N–H and O–H groups in total. The van der Waals surface area contributed by atoms with Crippen LogP contribution in [0.3, 0.4) is 0 Å². The van der Waals surface area contributed by atoms with Crippen molar-refractivity contribution in [2.75, 3.05) is 19.5 Å². The molecule has 0 atom stereocenters. The standard InChI is InChI=1S/C16H18ClNO2/c1-11-4-6-14(7-5-11)18-10-12-8-13(17)9-15(19-2)16(12)20-3/h4-9,18H,10H2,1-3H3. The van der Waals surface area contributed by atoms with Gasteiger partial charge in [0.25, 0.3) is 0 Å². The Morgan fingerprint density at radius 2 is 1.75 bits per heavy atom. The number of ether oxygens (including phenoxy) is 2. The van der Waals surface area contributed by atoms with E-state index in [1.165, 1.54) is 5.56 Å². The second kappa shape index (κ2) is 6.53. The van der Waals surface area contributed by atoms with Crippen LogP contribution in [0.1, 0.15) is 11.1 Å². The molecule has 0 radical (unpaired) electrons. The number of benzene rings is 2. The Morgan fingerprint density at radius 3 is 2.35 bits per heavy atom. The summed E-state index contributed by atoms with van der Waals surface area (Å²) in [6, 6.07) is 11.9. The number of halogens is 1. The quantitative estimate of drug-likeness (QED) is 0.892. The number of hydrogen-bond acceptors (Lipinski definition) is 3. The van der Waals surface area contributed by atoms with Crippen molar-refractivity contribution in [3.63, 3.8) is 0 Å². The molecule has 2 aromatic carbocycles. The first-order chi connectivity index (χ1) is 9.63. The van der Waals surface area contributed by atoms with E-state index in [4.69, 9.17) is 21.1 Å². The Hall–Kier alpha value is -1.87. The zero-order valence-electron chi connectivity index (χ0n) is 11.9. The van der Waals surface area contributed by atoms with E-state index >= 15 is 0 Å². The maximum absolute atomic E-state index is 6.10. The molecule has 4 heteroatoms. The molecule has 0 aliphatic carbocycles. The van der Waals surface area contributed by atoms with Gasteiger partial charge in [0.1, 0.15) is 0 Å². The van der Waals surface area contributed by atoms with E-state index in [0.717, 1.165) is 11.3 Å². The van der Waals surface area contributed by atoms with Crippen molar-refractivity contribution >= 4 is 17.3 Å². The molecule has 0 amide bonds. The topological polar surface area (TPSA) is 30.5 Å². The molecule has 0 heterocycles. The van der Waals surface area contributed by atoms with Gasteiger partial charge in [-0.05, 0) is 25.1 Å². The van der Waals surface area contributed by atoms with E-state index < -0.39 is 0 Å². The van der Waals surface area contributed by atoms with Crippen molar-refractivity contribution in [2.45, 2.75) is 13.5 Å². The van der Waals surface area contributed by atoms with Crippen LogP contribution in [0.4, 0.5) is 5.69 Å². The van der Waals surface area contributed by atoms with Gasteiger partial charge in [0.05, 0.1) is 14.2 Å². The third-order valence-electron chi connectivity index (χ3n) is 3.06. The second-order valence-electron chi connectivity index (χ2n) is 4.52. The maximum atomic E-state index is 6.10. The Kier molecular flexibility index (Phi) is 4.74. The van der Waals surface area contributed by atoms with Gasteiger partial charge in [-0.25, -0.2) is 0 Å². The predicted molar refractivity (Wildman–Crippen MR) is 83.1 cm³/mol. The van der Waals surface area contributed by atoms with Crippen LogP contribution in [0.5, 0.6) is 11.5 Å². The molecule has 0 aromatic heterocycles. The van der Waals surface area contributed by atoms with Gasteiger partial charge < -0.3 is 14.8 Å².